The molecule has 1 aliphatic rings. The third-order valence-electron chi connectivity index (χ3n) is 5.03. The smallest absolute Gasteiger partial charge is 0.140 e. The molecule has 0 aromatic heterocycles. The number of nitriles is 2. The summed E-state index contributed by atoms with van der Waals surface area (Å²) in [4.78, 5) is 1.89. The van der Waals surface area contributed by atoms with Crippen molar-refractivity contribution in [3.8, 4) is 12.1 Å². The van der Waals surface area contributed by atoms with Crippen molar-refractivity contribution in [1.82, 2.24) is 4.90 Å². The average Bonchev–Trinajstić information content (AvgIpc) is 2.69. The lowest BCUT2D eigenvalue weighted by Gasteiger charge is -2.47. The van der Waals surface area contributed by atoms with E-state index in [0.717, 1.165) is 12.0 Å². The summed E-state index contributed by atoms with van der Waals surface area (Å²) >= 11 is 0. The topological polar surface area (TPSA) is 71.0 Å². The molecule has 1 saturated heterocycles. The van der Waals surface area contributed by atoms with Crippen LogP contribution in [0.5, 0.6) is 0 Å². The van der Waals surface area contributed by atoms with Gasteiger partial charge in [-0.2, -0.15) is 10.5 Å². The van der Waals surface area contributed by atoms with E-state index in [1.807, 2.05) is 65.6 Å². The Morgan fingerprint density at radius 2 is 1.72 bits per heavy atom. The van der Waals surface area contributed by atoms with Gasteiger partial charge in [0, 0.05) is 6.54 Å². The highest BCUT2D eigenvalue weighted by molar-refractivity contribution is 5.29. The number of hydrogen-bond acceptors (Lipinski definition) is 4. The molecule has 1 unspecified atom stereocenters. The molecule has 2 aromatic carbocycles. The highest BCUT2D eigenvalue weighted by Crippen LogP contribution is 2.41. The van der Waals surface area contributed by atoms with E-state index >= 15 is 0 Å². The molecule has 0 bridgehead atoms. The van der Waals surface area contributed by atoms with Gasteiger partial charge in [-0.1, -0.05) is 60.7 Å². The molecule has 0 aliphatic carbocycles. The van der Waals surface area contributed by atoms with E-state index in [-0.39, 0.29) is 6.04 Å². The molecule has 1 heterocycles. The first-order chi connectivity index (χ1) is 12.2. The van der Waals surface area contributed by atoms with E-state index in [9.17, 15) is 15.6 Å². The van der Waals surface area contributed by atoms with Gasteiger partial charge in [0.15, 0.2) is 0 Å². The third-order valence-corrected chi connectivity index (χ3v) is 5.03. The summed E-state index contributed by atoms with van der Waals surface area (Å²) < 4.78 is 0. The Morgan fingerprint density at radius 3 is 2.32 bits per heavy atom. The van der Waals surface area contributed by atoms with Crippen molar-refractivity contribution in [3.63, 3.8) is 0 Å². The van der Waals surface area contributed by atoms with Crippen molar-refractivity contribution in [2.24, 2.45) is 0 Å². The van der Waals surface area contributed by atoms with E-state index in [2.05, 4.69) is 12.1 Å². The molecule has 0 spiro atoms. The Labute approximate surface area is 148 Å². The second-order valence-corrected chi connectivity index (χ2v) is 6.50. The van der Waals surface area contributed by atoms with Crippen molar-refractivity contribution in [3.05, 3.63) is 71.8 Å². The quantitative estimate of drug-likeness (QED) is 0.930. The van der Waals surface area contributed by atoms with E-state index in [1.165, 1.54) is 0 Å². The summed E-state index contributed by atoms with van der Waals surface area (Å²) in [6, 6.07) is 23.4. The second-order valence-electron chi connectivity index (χ2n) is 6.50. The maximum absolute atomic E-state index is 11.1. The van der Waals surface area contributed by atoms with Gasteiger partial charge >= 0.3 is 0 Å². The fourth-order valence-electron chi connectivity index (χ4n) is 3.69. The van der Waals surface area contributed by atoms with Gasteiger partial charge in [-0.15, -0.1) is 0 Å². The van der Waals surface area contributed by atoms with Crippen LogP contribution in [0.15, 0.2) is 60.7 Å². The molecule has 1 aliphatic heterocycles. The molecule has 2 aromatic rings. The van der Waals surface area contributed by atoms with E-state index in [4.69, 9.17) is 0 Å². The van der Waals surface area contributed by atoms with E-state index in [1.54, 1.807) is 0 Å². The molecular formula is C21H21N3O. The van der Waals surface area contributed by atoms with Crippen LogP contribution in [0, 0.1) is 22.7 Å². The standard InChI is InChI=1S/C21H21N3O/c22-14-19-12-7-13-21(16-23,20(25)18-10-5-2-6-11-18)24(19)15-17-8-3-1-4-9-17/h1-6,8-11,19-20,25H,7,12-13,15H2/t19-,20?,21-/m1/s1. The van der Waals surface area contributed by atoms with Crippen molar-refractivity contribution in [2.45, 2.75) is 43.5 Å². The van der Waals surface area contributed by atoms with Crippen LogP contribution < -0.4 is 0 Å². The van der Waals surface area contributed by atoms with Gasteiger partial charge in [0.25, 0.3) is 0 Å². The molecule has 25 heavy (non-hydrogen) atoms. The zero-order valence-electron chi connectivity index (χ0n) is 14.0. The molecular weight excluding hydrogens is 310 g/mol. The van der Waals surface area contributed by atoms with Crippen molar-refractivity contribution >= 4 is 0 Å². The van der Waals surface area contributed by atoms with Crippen LogP contribution in [0.25, 0.3) is 0 Å². The highest BCUT2D eigenvalue weighted by Gasteiger charge is 2.49. The van der Waals surface area contributed by atoms with Crippen LogP contribution >= 0.6 is 0 Å². The minimum Gasteiger partial charge on any atom is -0.385 e. The fourth-order valence-corrected chi connectivity index (χ4v) is 3.69. The van der Waals surface area contributed by atoms with Crippen LogP contribution in [0.1, 0.15) is 36.5 Å². The third kappa shape index (κ3) is 3.28. The predicted octanol–water partition coefficient (Wildman–Crippen LogP) is 3.56. The fraction of sp³-hybridized carbons (Fsp3) is 0.333. The Kier molecular flexibility index (Phi) is 5.14. The lowest BCUT2D eigenvalue weighted by atomic mass is 9.77. The summed E-state index contributed by atoms with van der Waals surface area (Å²) in [6.07, 6.45) is 1.05. The Balaban J connectivity index is 2.01. The summed E-state index contributed by atoms with van der Waals surface area (Å²) in [7, 11) is 0. The van der Waals surface area contributed by atoms with Gasteiger partial charge in [0.1, 0.15) is 11.6 Å². The Bertz CT molecular complexity index is 778. The minimum atomic E-state index is -1.10. The highest BCUT2D eigenvalue weighted by atomic mass is 16.3. The number of hydrogen-bond donors (Lipinski definition) is 1. The zero-order chi connectivity index (χ0) is 17.7. The second kappa shape index (κ2) is 7.49. The van der Waals surface area contributed by atoms with Gasteiger partial charge in [0.05, 0.1) is 18.2 Å². The predicted molar refractivity (Wildman–Crippen MR) is 95.0 cm³/mol. The molecule has 4 heteroatoms. The normalized spacial score (nSPS) is 24.8. The number of rotatable bonds is 4. The monoisotopic (exact) mass is 331 g/mol. The SMILES string of the molecule is N#C[C@H]1CCC[C@@](C#N)(C(O)c2ccccc2)N1Cc1ccccc1. The van der Waals surface area contributed by atoms with Gasteiger partial charge in [-0.3, -0.25) is 4.90 Å². The van der Waals surface area contributed by atoms with Crippen molar-refractivity contribution in [2.75, 3.05) is 0 Å². The first kappa shape index (κ1) is 17.2. The van der Waals surface area contributed by atoms with Crippen LogP contribution in [0.3, 0.4) is 0 Å². The van der Waals surface area contributed by atoms with E-state index < -0.39 is 11.6 Å². The number of aliphatic hydroxyl groups excluding tert-OH is 1. The molecule has 3 atom stereocenters. The minimum absolute atomic E-state index is 0.382. The number of aliphatic hydroxyl groups is 1. The van der Waals surface area contributed by atoms with Crippen LogP contribution in [-0.4, -0.2) is 21.6 Å². The maximum atomic E-state index is 11.1. The molecule has 1 N–H and O–H groups in total. The van der Waals surface area contributed by atoms with Crippen molar-refractivity contribution < 1.29 is 5.11 Å². The lowest BCUT2D eigenvalue weighted by Crippen LogP contribution is -2.58. The van der Waals surface area contributed by atoms with E-state index in [0.29, 0.717) is 24.9 Å². The largest absolute Gasteiger partial charge is 0.385 e. The maximum Gasteiger partial charge on any atom is 0.140 e. The number of likely N-dealkylation sites (tertiary alicyclic amines) is 1. The number of piperidine rings is 1. The van der Waals surface area contributed by atoms with Crippen molar-refractivity contribution in [1.29, 1.82) is 10.5 Å². The van der Waals surface area contributed by atoms with Crippen LogP contribution in [0.2, 0.25) is 0 Å². The molecule has 126 valence electrons. The lowest BCUT2D eigenvalue weighted by molar-refractivity contribution is -0.0432. The Hall–Kier alpha value is -2.66. The first-order valence-electron chi connectivity index (χ1n) is 8.56. The zero-order valence-corrected chi connectivity index (χ0v) is 14.0. The molecule has 0 amide bonds. The molecule has 1 fully saturated rings. The first-order valence-corrected chi connectivity index (χ1v) is 8.56. The number of nitrogens with zero attached hydrogens (tertiary/aromatic N) is 3. The Morgan fingerprint density at radius 1 is 1.08 bits per heavy atom. The van der Waals surface area contributed by atoms with Gasteiger partial charge in [0.2, 0.25) is 0 Å². The van der Waals surface area contributed by atoms with Gasteiger partial charge in [-0.05, 0) is 30.4 Å². The number of benzene rings is 2. The van der Waals surface area contributed by atoms with Gasteiger partial charge < -0.3 is 5.11 Å². The molecule has 0 saturated carbocycles. The average molecular weight is 331 g/mol. The molecule has 4 nitrogen and oxygen atoms in total. The van der Waals surface area contributed by atoms with Crippen LogP contribution in [-0.2, 0) is 6.54 Å². The summed E-state index contributed by atoms with van der Waals surface area (Å²) in [5.41, 5.74) is 0.640. The van der Waals surface area contributed by atoms with Gasteiger partial charge in [-0.25, -0.2) is 0 Å². The summed E-state index contributed by atoms with van der Waals surface area (Å²) in [6.45, 7) is 0.469. The molecule has 0 radical (unpaired) electrons. The summed E-state index contributed by atoms with van der Waals surface area (Å²) in [5, 5.41) is 30.8. The molecule has 3 rings (SSSR count). The van der Waals surface area contributed by atoms with Crippen LogP contribution in [0.4, 0.5) is 0 Å². The summed E-state index contributed by atoms with van der Waals surface area (Å²) in [5.74, 6) is 0.